The monoisotopic (exact) mass is 460 g/mol. The first-order chi connectivity index (χ1) is 15.7. The maximum absolute atomic E-state index is 13.7. The highest BCUT2D eigenvalue weighted by Gasteiger charge is 2.36. The summed E-state index contributed by atoms with van der Waals surface area (Å²) in [6.07, 6.45) is 7.06. The van der Waals surface area contributed by atoms with Crippen molar-refractivity contribution in [1.29, 1.82) is 0 Å². The Morgan fingerprint density at radius 1 is 0.970 bits per heavy atom. The standard InChI is InChI=1S/C27H28F4O2/c1-2-3-17-4-5-22-15-21(11-10-20(22)14-17)18-6-8-19(9-7-18)26(32)33-23-12-13-24(25(28)16-23)27(29,30)31/h2-3,6-9,12-13,16-17,20-22H,4-5,10-11,14-15H2,1H3/b3-2+. The molecule has 2 fully saturated rings. The van der Waals surface area contributed by atoms with Crippen molar-refractivity contribution in [2.45, 2.75) is 57.5 Å². The maximum atomic E-state index is 13.7. The second-order valence-corrected chi connectivity index (χ2v) is 9.28. The van der Waals surface area contributed by atoms with Crippen molar-refractivity contribution in [1.82, 2.24) is 0 Å². The van der Waals surface area contributed by atoms with E-state index in [9.17, 15) is 22.4 Å². The minimum atomic E-state index is -4.80. The molecular formula is C27H28F4O2. The van der Waals surface area contributed by atoms with E-state index < -0.39 is 23.5 Å². The highest BCUT2D eigenvalue weighted by molar-refractivity contribution is 5.91. The number of halogens is 4. The molecule has 0 heterocycles. The second kappa shape index (κ2) is 9.70. The van der Waals surface area contributed by atoms with E-state index in [2.05, 4.69) is 19.1 Å². The van der Waals surface area contributed by atoms with Gasteiger partial charge in [-0.15, -0.1) is 0 Å². The smallest absolute Gasteiger partial charge is 0.419 e. The number of hydrogen-bond donors (Lipinski definition) is 0. The molecule has 2 aliphatic rings. The minimum Gasteiger partial charge on any atom is -0.423 e. The normalized spacial score (nSPS) is 25.6. The van der Waals surface area contributed by atoms with Crippen molar-refractivity contribution >= 4 is 5.97 Å². The number of benzene rings is 2. The van der Waals surface area contributed by atoms with Gasteiger partial charge in [-0.3, -0.25) is 0 Å². The zero-order valence-electron chi connectivity index (χ0n) is 18.6. The van der Waals surface area contributed by atoms with Crippen LogP contribution in [-0.2, 0) is 6.18 Å². The molecule has 0 saturated heterocycles. The molecule has 0 spiro atoms. The average molecular weight is 461 g/mol. The summed E-state index contributed by atoms with van der Waals surface area (Å²) in [4.78, 5) is 12.4. The Morgan fingerprint density at radius 3 is 2.33 bits per heavy atom. The first kappa shape index (κ1) is 23.5. The molecule has 6 heteroatoms. The van der Waals surface area contributed by atoms with E-state index >= 15 is 0 Å². The van der Waals surface area contributed by atoms with Crippen molar-refractivity contribution in [2.75, 3.05) is 0 Å². The van der Waals surface area contributed by atoms with Crippen LogP contribution < -0.4 is 4.74 Å². The van der Waals surface area contributed by atoms with E-state index in [1.54, 1.807) is 12.1 Å². The number of carbonyl (C=O) groups is 1. The van der Waals surface area contributed by atoms with Gasteiger partial charge in [0, 0.05) is 6.07 Å². The quantitative estimate of drug-likeness (QED) is 0.200. The summed E-state index contributed by atoms with van der Waals surface area (Å²) in [7, 11) is 0. The number of rotatable bonds is 4. The summed E-state index contributed by atoms with van der Waals surface area (Å²) in [5.74, 6) is 0.278. The van der Waals surface area contributed by atoms with Crippen LogP contribution in [0.5, 0.6) is 5.75 Å². The Morgan fingerprint density at radius 2 is 1.67 bits per heavy atom. The molecule has 2 saturated carbocycles. The molecule has 4 rings (SSSR count). The first-order valence-corrected chi connectivity index (χ1v) is 11.6. The Hall–Kier alpha value is -2.63. The van der Waals surface area contributed by atoms with Gasteiger partial charge in [-0.1, -0.05) is 24.3 Å². The van der Waals surface area contributed by atoms with Crippen molar-refractivity contribution in [2.24, 2.45) is 17.8 Å². The third-order valence-electron chi connectivity index (χ3n) is 7.19. The van der Waals surface area contributed by atoms with Gasteiger partial charge in [0.25, 0.3) is 0 Å². The van der Waals surface area contributed by atoms with Gasteiger partial charge in [-0.05, 0) is 98.9 Å². The van der Waals surface area contributed by atoms with E-state index in [0.717, 1.165) is 30.2 Å². The number of esters is 1. The molecule has 0 aromatic heterocycles. The SMILES string of the molecule is C/C=C/C1CCC2CC(c3ccc(C(=O)Oc4ccc(C(F)(F)F)c(F)c4)cc3)CCC2C1. The molecule has 176 valence electrons. The lowest BCUT2D eigenvalue weighted by Gasteiger charge is -2.41. The number of allylic oxidation sites excluding steroid dienone is 2. The van der Waals surface area contributed by atoms with Gasteiger partial charge in [-0.2, -0.15) is 13.2 Å². The van der Waals surface area contributed by atoms with E-state index in [-0.39, 0.29) is 11.3 Å². The number of carbonyl (C=O) groups excluding carboxylic acids is 1. The molecule has 2 nitrogen and oxygen atoms in total. The van der Waals surface area contributed by atoms with E-state index in [0.29, 0.717) is 18.1 Å². The van der Waals surface area contributed by atoms with Crippen LogP contribution in [0.25, 0.3) is 0 Å². The van der Waals surface area contributed by atoms with Crippen molar-refractivity contribution in [3.05, 3.63) is 77.1 Å². The topological polar surface area (TPSA) is 26.3 Å². The molecule has 0 radical (unpaired) electrons. The summed E-state index contributed by atoms with van der Waals surface area (Å²) in [6.45, 7) is 2.09. The van der Waals surface area contributed by atoms with Crippen LogP contribution in [0.3, 0.4) is 0 Å². The van der Waals surface area contributed by atoms with Crippen LogP contribution in [0.2, 0.25) is 0 Å². The van der Waals surface area contributed by atoms with Gasteiger partial charge >= 0.3 is 12.1 Å². The number of fused-ring (bicyclic) bond motifs is 1. The Bertz CT molecular complexity index is 1010. The highest BCUT2D eigenvalue weighted by atomic mass is 19.4. The maximum Gasteiger partial charge on any atom is 0.419 e. The van der Waals surface area contributed by atoms with Crippen LogP contribution in [0, 0.1) is 23.6 Å². The molecule has 0 N–H and O–H groups in total. The molecule has 33 heavy (non-hydrogen) atoms. The van der Waals surface area contributed by atoms with Crippen LogP contribution in [0.1, 0.15) is 72.9 Å². The van der Waals surface area contributed by atoms with Crippen molar-refractivity contribution in [3.63, 3.8) is 0 Å². The number of alkyl halides is 3. The Kier molecular flexibility index (Phi) is 6.91. The van der Waals surface area contributed by atoms with Crippen molar-refractivity contribution < 1.29 is 27.1 Å². The fourth-order valence-electron chi connectivity index (χ4n) is 5.52. The van der Waals surface area contributed by atoms with Crippen LogP contribution >= 0.6 is 0 Å². The summed E-state index contributed by atoms with van der Waals surface area (Å²) in [5.41, 5.74) is 0.0810. The van der Waals surface area contributed by atoms with E-state index in [1.807, 2.05) is 12.1 Å². The predicted molar refractivity (Wildman–Crippen MR) is 119 cm³/mol. The third kappa shape index (κ3) is 5.48. The van der Waals surface area contributed by atoms with E-state index in [4.69, 9.17) is 4.74 Å². The lowest BCUT2D eigenvalue weighted by atomic mass is 9.64. The van der Waals surface area contributed by atoms with Gasteiger partial charge in [0.15, 0.2) is 0 Å². The molecule has 2 aromatic carbocycles. The summed E-state index contributed by atoms with van der Waals surface area (Å²) in [5, 5.41) is 0. The molecular weight excluding hydrogens is 432 g/mol. The number of ether oxygens (including phenoxy) is 1. The lowest BCUT2D eigenvalue weighted by molar-refractivity contribution is -0.140. The Labute approximate surface area is 191 Å². The van der Waals surface area contributed by atoms with Gasteiger partial charge in [0.2, 0.25) is 0 Å². The molecule has 2 aliphatic carbocycles. The van der Waals surface area contributed by atoms with Crippen LogP contribution in [0.15, 0.2) is 54.6 Å². The fourth-order valence-corrected chi connectivity index (χ4v) is 5.52. The Balaban J connectivity index is 1.37. The van der Waals surface area contributed by atoms with Gasteiger partial charge in [-0.25, -0.2) is 9.18 Å². The average Bonchev–Trinajstić information content (AvgIpc) is 2.78. The lowest BCUT2D eigenvalue weighted by Crippen LogP contribution is -2.30. The largest absolute Gasteiger partial charge is 0.423 e. The van der Waals surface area contributed by atoms with Crippen molar-refractivity contribution in [3.8, 4) is 5.75 Å². The summed E-state index contributed by atoms with van der Waals surface area (Å²) >= 11 is 0. The zero-order chi connectivity index (χ0) is 23.6. The van der Waals surface area contributed by atoms with Crippen LogP contribution in [-0.4, -0.2) is 5.97 Å². The second-order valence-electron chi connectivity index (χ2n) is 9.28. The highest BCUT2D eigenvalue weighted by Crippen LogP contribution is 2.47. The molecule has 4 atom stereocenters. The minimum absolute atomic E-state index is 0.263. The predicted octanol–water partition coefficient (Wildman–Crippen LogP) is 7.94. The molecule has 0 aliphatic heterocycles. The third-order valence-corrected chi connectivity index (χ3v) is 7.19. The summed E-state index contributed by atoms with van der Waals surface area (Å²) < 4.78 is 56.9. The first-order valence-electron chi connectivity index (χ1n) is 11.6. The zero-order valence-corrected chi connectivity index (χ0v) is 18.6. The van der Waals surface area contributed by atoms with Crippen LogP contribution in [0.4, 0.5) is 17.6 Å². The molecule has 2 aromatic rings. The molecule has 0 bridgehead atoms. The number of hydrogen-bond acceptors (Lipinski definition) is 2. The fraction of sp³-hybridized carbons (Fsp3) is 0.444. The van der Waals surface area contributed by atoms with E-state index in [1.165, 1.54) is 37.7 Å². The van der Waals surface area contributed by atoms with Gasteiger partial charge in [0.05, 0.1) is 11.1 Å². The van der Waals surface area contributed by atoms with Gasteiger partial charge < -0.3 is 4.74 Å². The van der Waals surface area contributed by atoms with Gasteiger partial charge in [0.1, 0.15) is 11.6 Å². The molecule has 0 amide bonds. The summed E-state index contributed by atoms with van der Waals surface area (Å²) in [6, 6.07) is 9.31. The molecule has 4 unspecified atom stereocenters.